The van der Waals surface area contributed by atoms with E-state index in [0.29, 0.717) is 31.0 Å². The number of nitrogens with zero attached hydrogens (tertiary/aromatic N) is 1. The van der Waals surface area contributed by atoms with Crippen LogP contribution in [0.25, 0.3) is 5.57 Å². The molecular formula is C27H31N2O2. The minimum atomic E-state index is -0.404. The smallest absolute Gasteiger partial charge is 0.255 e. The van der Waals surface area contributed by atoms with Crippen LogP contribution in [-0.4, -0.2) is 23.6 Å². The van der Waals surface area contributed by atoms with Gasteiger partial charge in [0.15, 0.2) is 5.78 Å². The lowest BCUT2D eigenvalue weighted by atomic mass is 9.89. The first-order chi connectivity index (χ1) is 14.8. The molecule has 0 spiro atoms. The highest BCUT2D eigenvalue weighted by Gasteiger charge is 2.30. The molecule has 161 valence electrons. The van der Waals surface area contributed by atoms with Gasteiger partial charge in [-0.05, 0) is 66.3 Å². The van der Waals surface area contributed by atoms with E-state index in [4.69, 9.17) is 0 Å². The lowest BCUT2D eigenvalue weighted by Crippen LogP contribution is -2.29. The van der Waals surface area contributed by atoms with Crippen molar-refractivity contribution < 1.29 is 9.59 Å². The molecule has 1 atom stereocenters. The third-order valence-corrected chi connectivity index (χ3v) is 6.18. The van der Waals surface area contributed by atoms with Gasteiger partial charge in [0.05, 0.1) is 6.04 Å². The Labute approximate surface area is 185 Å². The third-order valence-electron chi connectivity index (χ3n) is 6.18. The number of hydrogen-bond acceptors (Lipinski definition) is 3. The SMILES string of the molecule is CNC(C(=O)CC(C)C)c1cc(C(=O)N2Cc3ccc(C)cc3C2)c(C2=C[CH]2)cc1C. The second-order valence-electron chi connectivity index (χ2n) is 9.26. The summed E-state index contributed by atoms with van der Waals surface area (Å²) in [6.45, 7) is 9.47. The fraction of sp³-hybridized carbons (Fsp3) is 0.370. The average Bonchev–Trinajstić information content (AvgIpc) is 3.47. The van der Waals surface area contributed by atoms with Crippen molar-refractivity contribution in [1.29, 1.82) is 0 Å². The third kappa shape index (κ3) is 4.35. The zero-order chi connectivity index (χ0) is 22.3. The first kappa shape index (κ1) is 21.5. The molecule has 2 aromatic carbocycles. The van der Waals surface area contributed by atoms with Gasteiger partial charge in [0.1, 0.15) is 0 Å². The van der Waals surface area contributed by atoms with Gasteiger partial charge in [0.2, 0.25) is 0 Å². The van der Waals surface area contributed by atoms with E-state index >= 15 is 0 Å². The molecule has 1 radical (unpaired) electrons. The number of carbonyl (C=O) groups is 2. The molecule has 2 aliphatic rings. The highest BCUT2D eigenvalue weighted by molar-refractivity contribution is 6.04. The van der Waals surface area contributed by atoms with Gasteiger partial charge in [-0.15, -0.1) is 0 Å². The molecule has 4 heteroatoms. The molecule has 0 saturated heterocycles. The number of ketones is 1. The van der Waals surface area contributed by atoms with E-state index < -0.39 is 6.04 Å². The van der Waals surface area contributed by atoms with Crippen LogP contribution in [0.2, 0.25) is 0 Å². The predicted octanol–water partition coefficient (Wildman–Crippen LogP) is 4.94. The van der Waals surface area contributed by atoms with E-state index in [1.165, 1.54) is 16.7 Å². The summed E-state index contributed by atoms with van der Waals surface area (Å²) in [7, 11) is 1.81. The molecule has 1 amide bonds. The standard InChI is InChI=1S/C27H31N2O2/c1-16(2)10-25(30)26(28-5)22-13-24(23(12-18(22)4)19-8-9-19)27(31)29-14-20-7-6-17(3)11-21(20)15-29/h6-9,11-13,16,26,28H,10,14-15H2,1-5H3. The molecule has 0 fully saturated rings. The van der Waals surface area contributed by atoms with Crippen molar-refractivity contribution in [3.8, 4) is 0 Å². The maximum atomic E-state index is 13.7. The van der Waals surface area contributed by atoms with Crippen molar-refractivity contribution in [2.75, 3.05) is 7.05 Å². The van der Waals surface area contributed by atoms with Crippen LogP contribution in [0.4, 0.5) is 0 Å². The number of carbonyl (C=O) groups excluding carboxylic acids is 2. The molecule has 0 bridgehead atoms. The fourth-order valence-electron chi connectivity index (χ4n) is 4.52. The normalized spacial score (nSPS) is 15.7. The van der Waals surface area contributed by atoms with E-state index in [0.717, 1.165) is 22.3 Å². The average molecular weight is 416 g/mol. The van der Waals surface area contributed by atoms with Gasteiger partial charge in [-0.3, -0.25) is 9.59 Å². The Morgan fingerprint density at radius 3 is 2.42 bits per heavy atom. The number of nitrogens with one attached hydrogen (secondary N) is 1. The molecule has 0 aromatic heterocycles. The molecule has 0 saturated carbocycles. The van der Waals surface area contributed by atoms with Crippen LogP contribution in [0.3, 0.4) is 0 Å². The van der Waals surface area contributed by atoms with Crippen LogP contribution in [0.1, 0.15) is 70.0 Å². The van der Waals surface area contributed by atoms with Crippen molar-refractivity contribution in [3.63, 3.8) is 0 Å². The number of likely N-dealkylation sites (N-methyl/N-ethyl adjacent to an activating group) is 1. The molecule has 1 heterocycles. The molecule has 31 heavy (non-hydrogen) atoms. The van der Waals surface area contributed by atoms with Gasteiger partial charge in [-0.1, -0.05) is 49.8 Å². The van der Waals surface area contributed by atoms with Gasteiger partial charge >= 0.3 is 0 Å². The molecule has 2 aromatic rings. The topological polar surface area (TPSA) is 49.4 Å². The van der Waals surface area contributed by atoms with Crippen LogP contribution in [-0.2, 0) is 17.9 Å². The summed E-state index contributed by atoms with van der Waals surface area (Å²) in [6.07, 6.45) is 4.58. The molecule has 4 rings (SSSR count). The maximum absolute atomic E-state index is 13.7. The Kier molecular flexibility index (Phi) is 5.85. The van der Waals surface area contributed by atoms with Gasteiger partial charge in [-0.25, -0.2) is 0 Å². The van der Waals surface area contributed by atoms with Crippen molar-refractivity contribution in [3.05, 3.63) is 81.8 Å². The number of hydrogen-bond donors (Lipinski definition) is 1. The van der Waals surface area contributed by atoms with Crippen LogP contribution in [0.5, 0.6) is 0 Å². The van der Waals surface area contributed by atoms with Crippen LogP contribution in [0.15, 0.2) is 36.4 Å². The van der Waals surface area contributed by atoms with Crippen LogP contribution in [0, 0.1) is 26.2 Å². The first-order valence-corrected chi connectivity index (χ1v) is 11.1. The van der Waals surface area contributed by atoms with Gasteiger partial charge in [0, 0.05) is 31.5 Å². The number of benzene rings is 2. The molecule has 1 aliphatic heterocycles. The molecule has 1 unspecified atom stereocenters. The highest BCUT2D eigenvalue weighted by Crippen LogP contribution is 2.37. The zero-order valence-corrected chi connectivity index (χ0v) is 19.1. The van der Waals surface area contributed by atoms with E-state index in [9.17, 15) is 9.59 Å². The minimum absolute atomic E-state index is 0.0254. The van der Waals surface area contributed by atoms with E-state index in [1.807, 2.05) is 37.4 Å². The van der Waals surface area contributed by atoms with E-state index in [1.54, 1.807) is 0 Å². The Morgan fingerprint density at radius 1 is 1.06 bits per heavy atom. The summed E-state index contributed by atoms with van der Waals surface area (Å²) in [5.74, 6) is 0.479. The number of Topliss-reactive ketones (excluding diaryl/α,β-unsaturated/α-hetero) is 1. The first-order valence-electron chi connectivity index (χ1n) is 11.1. The molecule has 1 aliphatic carbocycles. The number of rotatable bonds is 7. The largest absolute Gasteiger partial charge is 0.330 e. The van der Waals surface area contributed by atoms with Crippen LogP contribution < -0.4 is 5.32 Å². The van der Waals surface area contributed by atoms with E-state index in [-0.39, 0.29) is 11.7 Å². The van der Waals surface area contributed by atoms with Crippen molar-refractivity contribution >= 4 is 17.3 Å². The van der Waals surface area contributed by atoms with Crippen molar-refractivity contribution in [2.45, 2.75) is 53.2 Å². The van der Waals surface area contributed by atoms with Crippen LogP contribution >= 0.6 is 0 Å². The van der Waals surface area contributed by atoms with Gasteiger partial charge in [-0.2, -0.15) is 0 Å². The Bertz CT molecular complexity index is 1080. The van der Waals surface area contributed by atoms with Crippen molar-refractivity contribution in [1.82, 2.24) is 10.2 Å². The highest BCUT2D eigenvalue weighted by atomic mass is 16.2. The number of amides is 1. The summed E-state index contributed by atoms with van der Waals surface area (Å²) < 4.78 is 0. The Morgan fingerprint density at radius 2 is 1.77 bits per heavy atom. The maximum Gasteiger partial charge on any atom is 0.255 e. The lowest BCUT2D eigenvalue weighted by molar-refractivity contribution is -0.121. The quantitative estimate of drug-likeness (QED) is 0.697. The molecular weight excluding hydrogens is 384 g/mol. The van der Waals surface area contributed by atoms with Crippen molar-refractivity contribution in [2.24, 2.45) is 5.92 Å². The predicted molar refractivity (Wildman–Crippen MR) is 124 cm³/mol. The minimum Gasteiger partial charge on any atom is -0.330 e. The second-order valence-corrected chi connectivity index (χ2v) is 9.26. The number of allylic oxidation sites excluding steroid dienone is 2. The van der Waals surface area contributed by atoms with Gasteiger partial charge in [0.25, 0.3) is 5.91 Å². The molecule has 1 N–H and O–H groups in total. The lowest BCUT2D eigenvalue weighted by Gasteiger charge is -2.23. The monoisotopic (exact) mass is 415 g/mol. The summed E-state index contributed by atoms with van der Waals surface area (Å²) in [6, 6.07) is 10.0. The summed E-state index contributed by atoms with van der Waals surface area (Å²) in [5.41, 5.74) is 8.32. The Balaban J connectivity index is 1.70. The van der Waals surface area contributed by atoms with E-state index in [2.05, 4.69) is 50.4 Å². The zero-order valence-electron chi connectivity index (χ0n) is 19.1. The second kappa shape index (κ2) is 8.43. The summed E-state index contributed by atoms with van der Waals surface area (Å²) in [4.78, 5) is 28.5. The molecule has 4 nitrogen and oxygen atoms in total. The van der Waals surface area contributed by atoms with Gasteiger partial charge < -0.3 is 10.2 Å². The number of fused-ring (bicyclic) bond motifs is 1. The summed E-state index contributed by atoms with van der Waals surface area (Å²) in [5, 5.41) is 3.19. The Hall–Kier alpha value is -2.72. The fourth-order valence-corrected chi connectivity index (χ4v) is 4.52. The summed E-state index contributed by atoms with van der Waals surface area (Å²) >= 11 is 0. The number of aryl methyl sites for hydroxylation is 2.